The van der Waals surface area contributed by atoms with E-state index < -0.39 is 0 Å². The van der Waals surface area contributed by atoms with Gasteiger partial charge in [-0.25, -0.2) is 0 Å². The fourth-order valence-corrected chi connectivity index (χ4v) is 2.42. The average Bonchev–Trinajstić information content (AvgIpc) is 2.98. The second kappa shape index (κ2) is 8.74. The molecule has 5 nitrogen and oxygen atoms in total. The summed E-state index contributed by atoms with van der Waals surface area (Å²) in [5, 5.41) is 6.32. The highest BCUT2D eigenvalue weighted by Gasteiger charge is 2.15. The Labute approximate surface area is 131 Å². The summed E-state index contributed by atoms with van der Waals surface area (Å²) in [7, 11) is 3.21. The van der Waals surface area contributed by atoms with Crippen molar-refractivity contribution in [1.29, 1.82) is 0 Å². The SMILES string of the molecule is COc1ccc(OC)c(CC(=O)NCC2CCCN2)c1.Cl. The average molecular weight is 315 g/mol. The Morgan fingerprint density at radius 1 is 1.38 bits per heavy atom. The van der Waals surface area contributed by atoms with Crippen LogP contribution in [-0.4, -0.2) is 39.3 Å². The number of ether oxygens (including phenoxy) is 2. The molecule has 1 amide bonds. The zero-order valence-corrected chi connectivity index (χ0v) is 13.3. The number of nitrogens with one attached hydrogen (secondary N) is 2. The molecular weight excluding hydrogens is 292 g/mol. The molecule has 1 aromatic carbocycles. The largest absolute Gasteiger partial charge is 0.497 e. The molecule has 1 aliphatic heterocycles. The molecule has 118 valence electrons. The van der Waals surface area contributed by atoms with Crippen molar-refractivity contribution in [3.8, 4) is 11.5 Å². The van der Waals surface area contributed by atoms with Gasteiger partial charge in [-0.15, -0.1) is 12.4 Å². The van der Waals surface area contributed by atoms with E-state index in [1.54, 1.807) is 14.2 Å². The molecule has 1 heterocycles. The van der Waals surface area contributed by atoms with Crippen LogP contribution in [0.25, 0.3) is 0 Å². The summed E-state index contributed by atoms with van der Waals surface area (Å²) in [6.45, 7) is 1.73. The van der Waals surface area contributed by atoms with E-state index in [0.29, 0.717) is 24.8 Å². The maximum absolute atomic E-state index is 12.0. The molecule has 1 fully saturated rings. The summed E-state index contributed by atoms with van der Waals surface area (Å²) in [5.41, 5.74) is 0.837. The number of benzene rings is 1. The monoisotopic (exact) mass is 314 g/mol. The molecule has 1 aromatic rings. The van der Waals surface area contributed by atoms with Crippen molar-refractivity contribution in [2.75, 3.05) is 27.3 Å². The summed E-state index contributed by atoms with van der Waals surface area (Å²) in [6.07, 6.45) is 2.61. The van der Waals surface area contributed by atoms with Crippen LogP contribution in [0.4, 0.5) is 0 Å². The van der Waals surface area contributed by atoms with Gasteiger partial charge in [0.15, 0.2) is 0 Å². The first-order valence-electron chi connectivity index (χ1n) is 6.94. The normalized spacial score (nSPS) is 17.0. The van der Waals surface area contributed by atoms with E-state index in [1.165, 1.54) is 6.42 Å². The quantitative estimate of drug-likeness (QED) is 0.836. The summed E-state index contributed by atoms with van der Waals surface area (Å²) in [5.74, 6) is 1.44. The van der Waals surface area contributed by atoms with Gasteiger partial charge in [0.05, 0.1) is 20.6 Å². The molecule has 2 N–H and O–H groups in total. The summed E-state index contributed by atoms with van der Waals surface area (Å²) in [6, 6.07) is 5.89. The molecule has 6 heteroatoms. The lowest BCUT2D eigenvalue weighted by Gasteiger charge is -2.13. The number of hydrogen-bond donors (Lipinski definition) is 2. The topological polar surface area (TPSA) is 59.6 Å². The highest BCUT2D eigenvalue weighted by Crippen LogP contribution is 2.24. The minimum atomic E-state index is 0. The van der Waals surface area contributed by atoms with E-state index in [0.717, 1.165) is 24.3 Å². The lowest BCUT2D eigenvalue weighted by molar-refractivity contribution is -0.120. The molecule has 0 aromatic heterocycles. The van der Waals surface area contributed by atoms with Gasteiger partial charge in [0, 0.05) is 18.2 Å². The number of rotatable bonds is 6. The van der Waals surface area contributed by atoms with Crippen molar-refractivity contribution in [3.05, 3.63) is 23.8 Å². The fraction of sp³-hybridized carbons (Fsp3) is 0.533. The van der Waals surface area contributed by atoms with Crippen molar-refractivity contribution < 1.29 is 14.3 Å². The third-order valence-corrected chi connectivity index (χ3v) is 3.55. The molecule has 0 aliphatic carbocycles. The van der Waals surface area contributed by atoms with Gasteiger partial charge in [-0.05, 0) is 37.6 Å². The highest BCUT2D eigenvalue weighted by atomic mass is 35.5. The Hall–Kier alpha value is -1.46. The lowest BCUT2D eigenvalue weighted by Crippen LogP contribution is -2.37. The van der Waals surface area contributed by atoms with Crippen molar-refractivity contribution in [2.24, 2.45) is 0 Å². The van der Waals surface area contributed by atoms with Crippen LogP contribution in [0.3, 0.4) is 0 Å². The predicted octanol–water partition coefficient (Wildman–Crippen LogP) is 1.54. The Balaban J connectivity index is 0.00000220. The zero-order chi connectivity index (χ0) is 14.4. The summed E-state index contributed by atoms with van der Waals surface area (Å²) < 4.78 is 10.5. The first kappa shape index (κ1) is 17.6. The van der Waals surface area contributed by atoms with Crippen LogP contribution in [0.5, 0.6) is 11.5 Å². The second-order valence-electron chi connectivity index (χ2n) is 4.95. The lowest BCUT2D eigenvalue weighted by atomic mass is 10.1. The Kier molecular flexibility index (Phi) is 7.32. The smallest absolute Gasteiger partial charge is 0.224 e. The second-order valence-corrected chi connectivity index (χ2v) is 4.95. The Bertz CT molecular complexity index is 462. The number of carbonyl (C=O) groups is 1. The number of amides is 1. The van der Waals surface area contributed by atoms with Gasteiger partial charge in [-0.1, -0.05) is 0 Å². The van der Waals surface area contributed by atoms with Crippen LogP contribution >= 0.6 is 12.4 Å². The van der Waals surface area contributed by atoms with Crippen LogP contribution in [0.15, 0.2) is 18.2 Å². The van der Waals surface area contributed by atoms with E-state index in [4.69, 9.17) is 9.47 Å². The Morgan fingerprint density at radius 3 is 2.81 bits per heavy atom. The van der Waals surface area contributed by atoms with Crippen LogP contribution < -0.4 is 20.1 Å². The maximum atomic E-state index is 12.0. The van der Waals surface area contributed by atoms with Gasteiger partial charge in [-0.2, -0.15) is 0 Å². The number of carbonyl (C=O) groups excluding carboxylic acids is 1. The maximum Gasteiger partial charge on any atom is 0.224 e. The van der Waals surface area contributed by atoms with Crippen molar-refractivity contribution in [3.63, 3.8) is 0 Å². The van der Waals surface area contributed by atoms with E-state index in [1.807, 2.05) is 18.2 Å². The first-order valence-corrected chi connectivity index (χ1v) is 6.94. The van der Waals surface area contributed by atoms with Crippen LogP contribution in [0, 0.1) is 0 Å². The van der Waals surface area contributed by atoms with Gasteiger partial charge in [0.2, 0.25) is 5.91 Å². The van der Waals surface area contributed by atoms with Gasteiger partial charge in [0.25, 0.3) is 0 Å². The summed E-state index contributed by atoms with van der Waals surface area (Å²) >= 11 is 0. The molecule has 1 saturated heterocycles. The molecule has 1 unspecified atom stereocenters. The van der Waals surface area contributed by atoms with Crippen molar-refractivity contribution >= 4 is 18.3 Å². The van der Waals surface area contributed by atoms with Crippen LogP contribution in [0.2, 0.25) is 0 Å². The third-order valence-electron chi connectivity index (χ3n) is 3.55. The third kappa shape index (κ3) is 5.10. The van der Waals surface area contributed by atoms with Crippen molar-refractivity contribution in [1.82, 2.24) is 10.6 Å². The van der Waals surface area contributed by atoms with Crippen LogP contribution in [-0.2, 0) is 11.2 Å². The van der Waals surface area contributed by atoms with E-state index in [2.05, 4.69) is 10.6 Å². The van der Waals surface area contributed by atoms with Gasteiger partial charge in [0.1, 0.15) is 11.5 Å². The van der Waals surface area contributed by atoms with E-state index in [-0.39, 0.29) is 18.3 Å². The fourth-order valence-electron chi connectivity index (χ4n) is 2.42. The minimum Gasteiger partial charge on any atom is -0.497 e. The molecule has 0 spiro atoms. The highest BCUT2D eigenvalue weighted by molar-refractivity contribution is 5.85. The number of hydrogen-bond acceptors (Lipinski definition) is 4. The molecule has 21 heavy (non-hydrogen) atoms. The molecule has 2 rings (SSSR count). The van der Waals surface area contributed by atoms with Crippen LogP contribution in [0.1, 0.15) is 18.4 Å². The molecule has 0 radical (unpaired) electrons. The molecule has 0 bridgehead atoms. The molecule has 1 aliphatic rings. The molecule has 1 atom stereocenters. The summed E-state index contributed by atoms with van der Waals surface area (Å²) in [4.78, 5) is 12.0. The van der Waals surface area contributed by atoms with Crippen molar-refractivity contribution in [2.45, 2.75) is 25.3 Å². The Morgan fingerprint density at radius 2 is 2.19 bits per heavy atom. The number of halogens is 1. The standard InChI is InChI=1S/C15H22N2O3.ClH/c1-19-13-5-6-14(20-2)11(8-13)9-15(18)17-10-12-4-3-7-16-12;/h5-6,8,12,16H,3-4,7,9-10H2,1-2H3,(H,17,18);1H. The number of methoxy groups -OCH3 is 2. The van der Waals surface area contributed by atoms with E-state index in [9.17, 15) is 4.79 Å². The van der Waals surface area contributed by atoms with Gasteiger partial charge >= 0.3 is 0 Å². The molecule has 0 saturated carbocycles. The van der Waals surface area contributed by atoms with Gasteiger partial charge in [-0.3, -0.25) is 4.79 Å². The first-order chi connectivity index (χ1) is 9.72. The van der Waals surface area contributed by atoms with Gasteiger partial charge < -0.3 is 20.1 Å². The zero-order valence-electron chi connectivity index (χ0n) is 12.5. The predicted molar refractivity (Wildman–Crippen MR) is 84.5 cm³/mol. The van der Waals surface area contributed by atoms with E-state index >= 15 is 0 Å². The molecular formula is C15H23ClN2O3. The minimum absolute atomic E-state index is 0.